The van der Waals surface area contributed by atoms with Gasteiger partial charge in [0.2, 0.25) is 0 Å². The van der Waals surface area contributed by atoms with E-state index in [1.54, 1.807) is 21.0 Å². The minimum absolute atomic E-state index is 0.0166. The Morgan fingerprint density at radius 3 is 2.52 bits per heavy atom. The number of hydrogen-bond donors (Lipinski definition) is 2. The number of carbonyl (C=O) groups is 1. The topological polar surface area (TPSA) is 85.9 Å². The van der Waals surface area contributed by atoms with Gasteiger partial charge in [0.05, 0.1) is 30.9 Å². The van der Waals surface area contributed by atoms with E-state index < -0.39 is 0 Å². The number of esters is 1. The van der Waals surface area contributed by atoms with Gasteiger partial charge in [-0.25, -0.2) is 9.79 Å². The molecular formula is C19H31N3O3. The fourth-order valence-electron chi connectivity index (χ4n) is 4.16. The summed E-state index contributed by atoms with van der Waals surface area (Å²) >= 11 is 0. The number of nitrogens with zero attached hydrogens (tertiary/aromatic N) is 1. The van der Waals surface area contributed by atoms with Gasteiger partial charge in [0, 0.05) is 24.3 Å². The molecule has 1 aliphatic heterocycles. The third-order valence-corrected chi connectivity index (χ3v) is 4.90. The van der Waals surface area contributed by atoms with Crippen LogP contribution in [0.2, 0.25) is 0 Å². The zero-order valence-electron chi connectivity index (χ0n) is 16.4. The van der Waals surface area contributed by atoms with Crippen molar-refractivity contribution in [3.8, 4) is 0 Å². The Morgan fingerprint density at radius 1 is 1.40 bits per heavy atom. The Labute approximate surface area is 150 Å². The van der Waals surface area contributed by atoms with E-state index in [1.807, 2.05) is 0 Å². The molecule has 2 aliphatic rings. The molecule has 0 bridgehead atoms. The zero-order valence-corrected chi connectivity index (χ0v) is 16.4. The van der Waals surface area contributed by atoms with Crippen LogP contribution < -0.4 is 11.1 Å². The van der Waals surface area contributed by atoms with Crippen molar-refractivity contribution in [3.05, 3.63) is 22.7 Å². The Morgan fingerprint density at radius 2 is 2.04 bits per heavy atom. The summed E-state index contributed by atoms with van der Waals surface area (Å²) in [5.41, 5.74) is 7.61. The Bertz CT molecular complexity index is 637. The SMILES string of the molecule is CCOC(=O)C1=C(N=C(C)N)NC2C(C)C(C(C)(C)C)=C(OC)CC12. The highest BCUT2D eigenvalue weighted by Crippen LogP contribution is 2.48. The third-order valence-electron chi connectivity index (χ3n) is 4.90. The summed E-state index contributed by atoms with van der Waals surface area (Å²) in [6.45, 7) is 12.6. The fourth-order valence-corrected chi connectivity index (χ4v) is 4.16. The number of hydrogen-bond acceptors (Lipinski definition) is 5. The molecule has 2 rings (SSSR count). The molecule has 1 heterocycles. The summed E-state index contributed by atoms with van der Waals surface area (Å²) in [5.74, 6) is 1.73. The van der Waals surface area contributed by atoms with Crippen LogP contribution in [0.5, 0.6) is 0 Å². The van der Waals surface area contributed by atoms with E-state index in [9.17, 15) is 4.79 Å². The molecule has 0 saturated carbocycles. The molecule has 6 nitrogen and oxygen atoms in total. The Balaban J connectivity index is 2.51. The van der Waals surface area contributed by atoms with Crippen LogP contribution in [0.25, 0.3) is 0 Å². The van der Waals surface area contributed by atoms with Gasteiger partial charge >= 0.3 is 5.97 Å². The van der Waals surface area contributed by atoms with Crippen molar-refractivity contribution in [2.45, 2.75) is 54.0 Å². The van der Waals surface area contributed by atoms with Crippen molar-refractivity contribution < 1.29 is 14.3 Å². The number of rotatable bonds is 4. The first kappa shape index (κ1) is 19.3. The summed E-state index contributed by atoms with van der Waals surface area (Å²) in [6.07, 6.45) is 0.655. The normalized spacial score (nSPS) is 27.2. The van der Waals surface area contributed by atoms with Crippen molar-refractivity contribution in [3.63, 3.8) is 0 Å². The van der Waals surface area contributed by atoms with Gasteiger partial charge in [0.15, 0.2) is 0 Å². The highest BCUT2D eigenvalue weighted by Gasteiger charge is 2.48. The monoisotopic (exact) mass is 349 g/mol. The summed E-state index contributed by atoms with van der Waals surface area (Å²) in [4.78, 5) is 16.9. The van der Waals surface area contributed by atoms with Gasteiger partial charge in [-0.05, 0) is 24.8 Å². The minimum Gasteiger partial charge on any atom is -0.501 e. The molecule has 0 radical (unpaired) electrons. The molecule has 6 heteroatoms. The van der Waals surface area contributed by atoms with Gasteiger partial charge in [-0.15, -0.1) is 0 Å². The summed E-state index contributed by atoms with van der Waals surface area (Å²) in [7, 11) is 1.70. The number of nitrogens with one attached hydrogen (secondary N) is 1. The first-order valence-corrected chi connectivity index (χ1v) is 8.87. The van der Waals surface area contributed by atoms with Crippen molar-refractivity contribution in [1.29, 1.82) is 0 Å². The second-order valence-corrected chi connectivity index (χ2v) is 7.80. The van der Waals surface area contributed by atoms with E-state index in [0.717, 1.165) is 5.76 Å². The number of fused-ring (bicyclic) bond motifs is 1. The van der Waals surface area contributed by atoms with Crippen LogP contribution in [0.1, 0.15) is 48.0 Å². The Hall–Kier alpha value is -1.98. The number of allylic oxidation sites excluding steroid dienone is 1. The molecule has 3 unspecified atom stereocenters. The lowest BCUT2D eigenvalue weighted by Crippen LogP contribution is -2.43. The fraction of sp³-hybridized carbons (Fsp3) is 0.684. The molecule has 0 aromatic carbocycles. The highest BCUT2D eigenvalue weighted by atomic mass is 16.5. The van der Waals surface area contributed by atoms with Gasteiger partial charge < -0.3 is 20.5 Å². The second-order valence-electron chi connectivity index (χ2n) is 7.80. The molecule has 3 atom stereocenters. The van der Waals surface area contributed by atoms with E-state index in [0.29, 0.717) is 30.3 Å². The van der Waals surface area contributed by atoms with Gasteiger partial charge in [-0.1, -0.05) is 27.7 Å². The maximum atomic E-state index is 12.6. The van der Waals surface area contributed by atoms with Crippen molar-refractivity contribution in [2.75, 3.05) is 13.7 Å². The van der Waals surface area contributed by atoms with Gasteiger partial charge in [0.1, 0.15) is 5.82 Å². The quantitative estimate of drug-likeness (QED) is 0.463. The predicted molar refractivity (Wildman–Crippen MR) is 98.6 cm³/mol. The van der Waals surface area contributed by atoms with Crippen LogP contribution in [0.4, 0.5) is 0 Å². The van der Waals surface area contributed by atoms with Crippen molar-refractivity contribution >= 4 is 11.8 Å². The number of carbonyl (C=O) groups excluding carboxylic acids is 1. The molecule has 0 aromatic heterocycles. The van der Waals surface area contributed by atoms with Crippen molar-refractivity contribution in [1.82, 2.24) is 5.32 Å². The van der Waals surface area contributed by atoms with Crippen LogP contribution in [-0.4, -0.2) is 31.6 Å². The maximum absolute atomic E-state index is 12.6. The maximum Gasteiger partial charge on any atom is 0.338 e. The molecule has 0 spiro atoms. The van der Waals surface area contributed by atoms with Crippen LogP contribution in [0.15, 0.2) is 27.7 Å². The van der Waals surface area contributed by atoms with E-state index in [1.165, 1.54) is 5.57 Å². The van der Waals surface area contributed by atoms with Crippen LogP contribution in [0.3, 0.4) is 0 Å². The van der Waals surface area contributed by atoms with Gasteiger partial charge in [-0.2, -0.15) is 0 Å². The standard InChI is InChI=1S/C19H31N3O3/c1-8-25-18(23)14-12-9-13(24-7)15(19(4,5)6)10(2)16(12)22-17(14)21-11(3)20/h10,12,16,22H,8-9H2,1-7H3,(H2,20,21). The molecular weight excluding hydrogens is 318 g/mol. The minimum atomic E-state index is -0.329. The summed E-state index contributed by atoms with van der Waals surface area (Å²) < 4.78 is 11.0. The first-order chi connectivity index (χ1) is 11.6. The highest BCUT2D eigenvalue weighted by molar-refractivity contribution is 5.92. The van der Waals surface area contributed by atoms with Crippen LogP contribution in [0, 0.1) is 17.3 Å². The molecule has 1 aliphatic carbocycles. The molecule has 0 fully saturated rings. The molecule has 0 aromatic rings. The van der Waals surface area contributed by atoms with Crippen LogP contribution >= 0.6 is 0 Å². The lowest BCUT2D eigenvalue weighted by Gasteiger charge is -2.41. The molecule has 0 saturated heterocycles. The smallest absolute Gasteiger partial charge is 0.338 e. The average Bonchev–Trinajstić information content (AvgIpc) is 2.83. The summed E-state index contributed by atoms with van der Waals surface area (Å²) in [6, 6.07) is 0.0747. The lowest BCUT2D eigenvalue weighted by molar-refractivity contribution is -0.139. The number of ether oxygens (including phenoxy) is 2. The number of amidine groups is 1. The molecule has 140 valence electrons. The largest absolute Gasteiger partial charge is 0.501 e. The van der Waals surface area contributed by atoms with Crippen molar-refractivity contribution in [2.24, 2.45) is 28.0 Å². The lowest BCUT2D eigenvalue weighted by atomic mass is 9.67. The van der Waals surface area contributed by atoms with E-state index >= 15 is 0 Å². The molecule has 3 N–H and O–H groups in total. The Kier molecular flexibility index (Phi) is 5.49. The number of nitrogens with two attached hydrogens (primary N) is 1. The molecule has 0 amide bonds. The predicted octanol–water partition coefficient (Wildman–Crippen LogP) is 2.71. The second kappa shape index (κ2) is 7.10. The van der Waals surface area contributed by atoms with E-state index in [-0.39, 0.29) is 29.3 Å². The molecule has 25 heavy (non-hydrogen) atoms. The first-order valence-electron chi connectivity index (χ1n) is 8.87. The van der Waals surface area contributed by atoms with Gasteiger partial charge in [-0.3, -0.25) is 0 Å². The van der Waals surface area contributed by atoms with Gasteiger partial charge in [0.25, 0.3) is 0 Å². The van der Waals surface area contributed by atoms with Crippen LogP contribution in [-0.2, 0) is 14.3 Å². The zero-order chi connectivity index (χ0) is 18.9. The van der Waals surface area contributed by atoms with E-state index in [2.05, 4.69) is 38.0 Å². The average molecular weight is 349 g/mol. The third kappa shape index (κ3) is 3.67. The number of aliphatic imine (C=N–C) groups is 1. The number of methoxy groups -OCH3 is 1. The summed E-state index contributed by atoms with van der Waals surface area (Å²) in [5, 5.41) is 3.43. The van der Waals surface area contributed by atoms with E-state index in [4.69, 9.17) is 15.2 Å².